The van der Waals surface area contributed by atoms with Gasteiger partial charge in [0.05, 0.1) is 22.9 Å². The normalized spacial score (nSPS) is 21.6. The summed E-state index contributed by atoms with van der Waals surface area (Å²) >= 11 is 0. The van der Waals surface area contributed by atoms with Crippen molar-refractivity contribution in [3.05, 3.63) is 82.1 Å². The van der Waals surface area contributed by atoms with E-state index in [4.69, 9.17) is 0 Å². The van der Waals surface area contributed by atoms with Crippen LogP contribution in [-0.2, 0) is 19.8 Å². The van der Waals surface area contributed by atoms with Crippen LogP contribution in [0.15, 0.2) is 53.8 Å². The zero-order valence-electron chi connectivity index (χ0n) is 22.6. The highest BCUT2D eigenvalue weighted by Crippen LogP contribution is 2.43. The van der Waals surface area contributed by atoms with Crippen molar-refractivity contribution in [1.29, 1.82) is 0 Å². The maximum absolute atomic E-state index is 14.2. The first-order valence-electron chi connectivity index (χ1n) is 13.8. The minimum absolute atomic E-state index is 0.0169. The van der Waals surface area contributed by atoms with Crippen molar-refractivity contribution in [3.8, 4) is 5.69 Å². The molecule has 2 fully saturated rings. The zero-order valence-corrected chi connectivity index (χ0v) is 22.6. The first-order chi connectivity index (χ1) is 19.1. The first kappa shape index (κ1) is 26.8. The molecule has 0 amide bonds. The molecule has 3 atom stereocenters. The van der Waals surface area contributed by atoms with Crippen LogP contribution in [0.3, 0.4) is 0 Å². The molecule has 1 aromatic carbocycles. The van der Waals surface area contributed by atoms with Crippen LogP contribution in [0, 0.1) is 11.8 Å². The summed E-state index contributed by atoms with van der Waals surface area (Å²) in [7, 11) is 1.90. The second-order valence-corrected chi connectivity index (χ2v) is 11.4. The van der Waals surface area contributed by atoms with Gasteiger partial charge in [0.25, 0.3) is 0 Å². The molecule has 1 saturated carbocycles. The number of hydrogen-bond donors (Lipinski definition) is 1. The highest BCUT2D eigenvalue weighted by molar-refractivity contribution is 5.58. The summed E-state index contributed by atoms with van der Waals surface area (Å²) in [5.74, 6) is 1.23. The van der Waals surface area contributed by atoms with E-state index in [1.54, 1.807) is 12.4 Å². The molecule has 212 valence electrons. The number of hydrogen-bond acceptors (Lipinski definition) is 5. The molecular formula is C29H33F3N6O2. The van der Waals surface area contributed by atoms with Gasteiger partial charge in [-0.25, -0.2) is 4.79 Å². The van der Waals surface area contributed by atoms with E-state index >= 15 is 0 Å². The Balaban J connectivity index is 1.41. The van der Waals surface area contributed by atoms with Crippen molar-refractivity contribution in [1.82, 2.24) is 28.6 Å². The number of aliphatic hydroxyl groups is 1. The van der Waals surface area contributed by atoms with Crippen LogP contribution in [0.1, 0.15) is 61.0 Å². The van der Waals surface area contributed by atoms with Crippen LogP contribution in [0.2, 0.25) is 0 Å². The van der Waals surface area contributed by atoms with Gasteiger partial charge < -0.3 is 9.67 Å². The summed E-state index contributed by atoms with van der Waals surface area (Å²) in [6.45, 7) is 3.36. The minimum atomic E-state index is -4.63. The molecule has 1 saturated heterocycles. The highest BCUT2D eigenvalue weighted by Gasteiger charge is 2.36. The number of piperidine rings is 1. The molecule has 0 spiro atoms. The van der Waals surface area contributed by atoms with Crippen LogP contribution in [0.25, 0.3) is 11.2 Å². The summed E-state index contributed by atoms with van der Waals surface area (Å²) in [5.41, 5.74) is 0.293. The van der Waals surface area contributed by atoms with E-state index in [1.165, 1.54) is 17.0 Å². The van der Waals surface area contributed by atoms with E-state index < -0.39 is 23.5 Å². The predicted octanol–water partition coefficient (Wildman–Crippen LogP) is 4.37. The van der Waals surface area contributed by atoms with E-state index in [0.717, 1.165) is 41.1 Å². The number of imidazole rings is 1. The smallest absolute Gasteiger partial charge is 0.393 e. The van der Waals surface area contributed by atoms with Crippen molar-refractivity contribution in [2.75, 3.05) is 13.1 Å². The summed E-state index contributed by atoms with van der Waals surface area (Å²) in [6.07, 6.45) is 3.25. The van der Waals surface area contributed by atoms with Gasteiger partial charge in [0.2, 0.25) is 0 Å². The highest BCUT2D eigenvalue weighted by atomic mass is 19.4. The molecule has 6 rings (SSSR count). The monoisotopic (exact) mass is 554 g/mol. The maximum Gasteiger partial charge on any atom is 0.418 e. The number of nitrogens with zero attached hydrogens (tertiary/aromatic N) is 6. The lowest BCUT2D eigenvalue weighted by molar-refractivity contribution is -0.136. The Hall–Kier alpha value is -3.44. The standard InChI is InChI=1S/C29H33F3N6O2/c1-18-13-36(10-9-25(18)39)14-19-11-23(29(30,31)32)24-16-37(28(40)38(24)15-19)22-8-4-7-21(12-22)26(20-5-3-6-20)27-34-33-17-35(27)2/h4,7-8,11-12,15-18,20,25-26,39H,3,5-6,9-10,13-14H2,1-2H3/t18-,25+,26+/m0/s1. The van der Waals surface area contributed by atoms with Gasteiger partial charge in [-0.05, 0) is 60.4 Å². The van der Waals surface area contributed by atoms with Gasteiger partial charge in [-0.3, -0.25) is 13.9 Å². The SMILES string of the molecule is C[C@H]1CN(Cc2cc(C(F)(F)F)c3cn(-c4cccc([C@H](c5nncn5C)C5CCC5)c4)c(=O)n3c2)CC[C@H]1O. The molecule has 4 heterocycles. The number of rotatable bonds is 6. The summed E-state index contributed by atoms with van der Waals surface area (Å²) < 4.78 is 47.0. The third-order valence-corrected chi connectivity index (χ3v) is 8.63. The molecule has 1 aliphatic heterocycles. The first-order valence-corrected chi connectivity index (χ1v) is 13.8. The van der Waals surface area contributed by atoms with Crippen LogP contribution in [0.5, 0.6) is 0 Å². The number of likely N-dealkylation sites (tertiary alicyclic amines) is 1. The molecule has 3 aromatic heterocycles. The van der Waals surface area contributed by atoms with E-state index in [-0.39, 0.29) is 23.9 Å². The molecule has 2 aliphatic rings. The van der Waals surface area contributed by atoms with Crippen LogP contribution < -0.4 is 5.69 Å². The molecule has 1 aliphatic carbocycles. The van der Waals surface area contributed by atoms with Crippen LogP contribution in [0.4, 0.5) is 13.2 Å². The van der Waals surface area contributed by atoms with Gasteiger partial charge in [0.15, 0.2) is 0 Å². The Bertz CT molecular complexity index is 1580. The topological polar surface area (TPSA) is 80.6 Å². The number of aromatic nitrogens is 5. The Labute approximate surface area is 229 Å². The second kappa shape index (κ2) is 10.2. The molecule has 0 unspecified atom stereocenters. The van der Waals surface area contributed by atoms with E-state index in [1.807, 2.05) is 41.6 Å². The van der Waals surface area contributed by atoms with Crippen molar-refractivity contribution in [3.63, 3.8) is 0 Å². The van der Waals surface area contributed by atoms with Crippen molar-refractivity contribution in [2.45, 2.75) is 57.3 Å². The number of pyridine rings is 1. The molecule has 8 nitrogen and oxygen atoms in total. The lowest BCUT2D eigenvalue weighted by atomic mass is 9.72. The maximum atomic E-state index is 14.2. The second-order valence-electron chi connectivity index (χ2n) is 11.4. The fraction of sp³-hybridized carbons (Fsp3) is 0.483. The number of fused-ring (bicyclic) bond motifs is 1. The van der Waals surface area contributed by atoms with Gasteiger partial charge in [-0.2, -0.15) is 13.2 Å². The van der Waals surface area contributed by atoms with Crippen LogP contribution >= 0.6 is 0 Å². The van der Waals surface area contributed by atoms with Crippen LogP contribution in [-0.4, -0.2) is 52.9 Å². The average molecular weight is 555 g/mol. The third-order valence-electron chi connectivity index (χ3n) is 8.63. The van der Waals surface area contributed by atoms with Crippen molar-refractivity contribution < 1.29 is 18.3 Å². The molecule has 40 heavy (non-hydrogen) atoms. The molecular weight excluding hydrogens is 521 g/mol. The number of benzene rings is 1. The largest absolute Gasteiger partial charge is 0.418 e. The van der Waals surface area contributed by atoms with Gasteiger partial charge in [0.1, 0.15) is 12.2 Å². The Morgan fingerprint density at radius 3 is 2.60 bits per heavy atom. The quantitative estimate of drug-likeness (QED) is 0.383. The van der Waals surface area contributed by atoms with E-state index in [0.29, 0.717) is 36.7 Å². The lowest BCUT2D eigenvalue weighted by Crippen LogP contribution is -2.41. The van der Waals surface area contributed by atoms with Crippen molar-refractivity contribution >= 4 is 5.52 Å². The molecule has 1 N–H and O–H groups in total. The number of alkyl halides is 3. The van der Waals surface area contributed by atoms with Gasteiger partial charge >= 0.3 is 11.9 Å². The predicted molar refractivity (Wildman–Crippen MR) is 143 cm³/mol. The Kier molecular flexibility index (Phi) is 6.82. The molecule has 0 bridgehead atoms. The summed E-state index contributed by atoms with van der Waals surface area (Å²) in [4.78, 5) is 15.6. The van der Waals surface area contributed by atoms with E-state index in [2.05, 4.69) is 10.2 Å². The number of aryl methyl sites for hydroxylation is 1. The lowest BCUT2D eigenvalue weighted by Gasteiger charge is -2.34. The Morgan fingerprint density at radius 2 is 1.95 bits per heavy atom. The molecule has 0 radical (unpaired) electrons. The van der Waals surface area contributed by atoms with Crippen molar-refractivity contribution in [2.24, 2.45) is 18.9 Å². The summed E-state index contributed by atoms with van der Waals surface area (Å²) in [6, 6.07) is 8.59. The van der Waals surface area contributed by atoms with E-state index in [9.17, 15) is 23.1 Å². The van der Waals surface area contributed by atoms with Gasteiger partial charge in [0, 0.05) is 45.0 Å². The molecule has 4 aromatic rings. The zero-order chi connectivity index (χ0) is 28.2. The van der Waals surface area contributed by atoms with Gasteiger partial charge in [-0.15, -0.1) is 10.2 Å². The number of halogens is 3. The third kappa shape index (κ3) is 4.85. The van der Waals surface area contributed by atoms with Gasteiger partial charge in [-0.1, -0.05) is 25.5 Å². The minimum Gasteiger partial charge on any atom is -0.393 e. The fourth-order valence-corrected chi connectivity index (χ4v) is 6.21. The average Bonchev–Trinajstić information content (AvgIpc) is 3.45. The fourth-order valence-electron chi connectivity index (χ4n) is 6.21. The number of aliphatic hydroxyl groups excluding tert-OH is 1. The Morgan fingerprint density at radius 1 is 1.15 bits per heavy atom. The molecule has 11 heteroatoms. The summed E-state index contributed by atoms with van der Waals surface area (Å²) in [5, 5.41) is 18.4.